The number of sulfonamides is 1. The minimum absolute atomic E-state index is 0.0478. The second-order valence-corrected chi connectivity index (χ2v) is 8.74. The molecule has 1 aliphatic heterocycles. The number of para-hydroxylation sites is 1. The molecule has 0 aliphatic carbocycles. The third-order valence-corrected chi connectivity index (χ3v) is 6.02. The van der Waals surface area contributed by atoms with E-state index in [9.17, 15) is 18.0 Å². The molecule has 0 spiro atoms. The van der Waals surface area contributed by atoms with Gasteiger partial charge in [-0.1, -0.05) is 19.1 Å². The van der Waals surface area contributed by atoms with Crippen LogP contribution in [-0.4, -0.2) is 49.9 Å². The van der Waals surface area contributed by atoms with Crippen molar-refractivity contribution >= 4 is 27.5 Å². The van der Waals surface area contributed by atoms with Crippen LogP contribution in [-0.2, 0) is 14.8 Å². The summed E-state index contributed by atoms with van der Waals surface area (Å²) in [6.45, 7) is 4.59. The molecule has 1 fully saturated rings. The summed E-state index contributed by atoms with van der Waals surface area (Å²) < 4.78 is 24.5. The number of nitrogens with zero attached hydrogens (tertiary/aromatic N) is 1. The second kappa shape index (κ2) is 8.64. The van der Waals surface area contributed by atoms with Crippen molar-refractivity contribution in [2.75, 3.05) is 24.7 Å². The van der Waals surface area contributed by atoms with Crippen LogP contribution in [0, 0.1) is 5.92 Å². The summed E-state index contributed by atoms with van der Waals surface area (Å²) in [4.78, 5) is 25.0. The molecule has 1 aromatic rings. The van der Waals surface area contributed by atoms with Crippen LogP contribution in [0.15, 0.2) is 24.3 Å². The third kappa shape index (κ3) is 5.28. The Morgan fingerprint density at radius 1 is 1.23 bits per heavy atom. The van der Waals surface area contributed by atoms with Crippen LogP contribution >= 0.6 is 0 Å². The maximum absolute atomic E-state index is 12.6. The van der Waals surface area contributed by atoms with Gasteiger partial charge in [-0.2, -0.15) is 0 Å². The Morgan fingerprint density at radius 3 is 2.42 bits per heavy atom. The maximum Gasteiger partial charge on any atom is 0.253 e. The fraction of sp³-hybridized carbons (Fsp3) is 0.556. The second-order valence-electron chi connectivity index (χ2n) is 6.75. The predicted molar refractivity (Wildman–Crippen MR) is 101 cm³/mol. The zero-order valence-corrected chi connectivity index (χ0v) is 16.3. The minimum Gasteiger partial charge on any atom is -0.350 e. The van der Waals surface area contributed by atoms with Gasteiger partial charge in [-0.3, -0.25) is 9.59 Å². The number of hydrogen-bond acceptors (Lipinski definition) is 4. The van der Waals surface area contributed by atoms with Gasteiger partial charge in [0, 0.05) is 25.0 Å². The first kappa shape index (κ1) is 20.4. The van der Waals surface area contributed by atoms with E-state index in [4.69, 9.17) is 0 Å². The van der Waals surface area contributed by atoms with Gasteiger partial charge in [0.25, 0.3) is 5.91 Å². The van der Waals surface area contributed by atoms with Crippen molar-refractivity contribution in [2.45, 2.75) is 39.2 Å². The first-order chi connectivity index (χ1) is 12.2. The van der Waals surface area contributed by atoms with Crippen LogP contribution in [0.3, 0.4) is 0 Å². The summed E-state index contributed by atoms with van der Waals surface area (Å²) in [5.74, 6) is -0.664. The van der Waals surface area contributed by atoms with Gasteiger partial charge in [-0.25, -0.2) is 12.7 Å². The van der Waals surface area contributed by atoms with E-state index in [1.54, 1.807) is 24.3 Å². The lowest BCUT2D eigenvalue weighted by atomic mass is 9.97. The lowest BCUT2D eigenvalue weighted by Gasteiger charge is -2.29. The lowest BCUT2D eigenvalue weighted by molar-refractivity contribution is -0.120. The molecule has 26 heavy (non-hydrogen) atoms. The van der Waals surface area contributed by atoms with E-state index in [0.717, 1.165) is 6.42 Å². The highest BCUT2D eigenvalue weighted by atomic mass is 32.2. The van der Waals surface area contributed by atoms with Gasteiger partial charge in [0.05, 0.1) is 17.5 Å². The van der Waals surface area contributed by atoms with Crippen LogP contribution in [0.1, 0.15) is 43.5 Å². The van der Waals surface area contributed by atoms with Crippen LogP contribution in [0.5, 0.6) is 0 Å². The van der Waals surface area contributed by atoms with Crippen molar-refractivity contribution in [3.63, 3.8) is 0 Å². The normalized spacial score (nSPS) is 17.5. The molecule has 2 N–H and O–H groups in total. The summed E-state index contributed by atoms with van der Waals surface area (Å²) in [7, 11) is -3.22. The van der Waals surface area contributed by atoms with E-state index in [2.05, 4.69) is 10.6 Å². The number of carbonyl (C=O) groups excluding carboxylic acids is 2. The molecule has 0 bridgehead atoms. The van der Waals surface area contributed by atoms with Gasteiger partial charge in [0.15, 0.2) is 0 Å². The summed E-state index contributed by atoms with van der Waals surface area (Å²) >= 11 is 0. The first-order valence-corrected chi connectivity index (χ1v) is 10.7. The molecule has 2 rings (SSSR count). The molecule has 1 heterocycles. The quantitative estimate of drug-likeness (QED) is 0.786. The molecule has 8 heteroatoms. The van der Waals surface area contributed by atoms with Crippen LogP contribution < -0.4 is 10.6 Å². The average molecular weight is 381 g/mol. The molecule has 0 radical (unpaired) electrons. The molecule has 144 valence electrons. The van der Waals surface area contributed by atoms with E-state index in [1.165, 1.54) is 10.6 Å². The van der Waals surface area contributed by atoms with Crippen molar-refractivity contribution in [1.29, 1.82) is 0 Å². The van der Waals surface area contributed by atoms with Gasteiger partial charge in [0.1, 0.15) is 0 Å². The standard InChI is InChI=1S/C18H27N3O4S/c1-4-13(2)19-18(23)15-7-5-6-8-16(15)20-17(22)14-9-11-21(12-10-14)26(3,24)25/h5-8,13-14H,4,9-12H2,1-3H3,(H,19,23)(H,20,22). The molecule has 1 saturated heterocycles. The number of anilines is 1. The van der Waals surface area contributed by atoms with Crippen LogP contribution in [0.2, 0.25) is 0 Å². The lowest BCUT2D eigenvalue weighted by Crippen LogP contribution is -2.41. The van der Waals surface area contributed by atoms with Gasteiger partial charge < -0.3 is 10.6 Å². The topological polar surface area (TPSA) is 95.6 Å². The Labute approximate surface area is 155 Å². The number of piperidine rings is 1. The van der Waals surface area contributed by atoms with E-state index >= 15 is 0 Å². The van der Waals surface area contributed by atoms with Crippen LogP contribution in [0.25, 0.3) is 0 Å². The van der Waals surface area contributed by atoms with E-state index in [0.29, 0.717) is 37.2 Å². The fourth-order valence-corrected chi connectivity index (χ4v) is 3.75. The summed E-state index contributed by atoms with van der Waals surface area (Å²) in [5.41, 5.74) is 0.901. The monoisotopic (exact) mass is 381 g/mol. The van der Waals surface area contributed by atoms with Gasteiger partial charge in [-0.05, 0) is 38.3 Å². The molecule has 1 unspecified atom stereocenters. The van der Waals surface area contributed by atoms with Crippen LogP contribution in [0.4, 0.5) is 5.69 Å². The predicted octanol–water partition coefficient (Wildman–Crippen LogP) is 1.83. The summed E-state index contributed by atoms with van der Waals surface area (Å²) in [6, 6.07) is 6.95. The Balaban J connectivity index is 2.03. The number of rotatable bonds is 6. The fourth-order valence-electron chi connectivity index (χ4n) is 2.88. The van der Waals surface area contributed by atoms with Crippen molar-refractivity contribution in [3.8, 4) is 0 Å². The molecular formula is C18H27N3O4S. The number of hydrogen-bond donors (Lipinski definition) is 2. The molecule has 7 nitrogen and oxygen atoms in total. The number of nitrogens with one attached hydrogen (secondary N) is 2. The Bertz CT molecular complexity index is 755. The summed E-state index contributed by atoms with van der Waals surface area (Å²) in [5, 5.41) is 5.74. The average Bonchev–Trinajstić information content (AvgIpc) is 2.61. The molecule has 1 aromatic carbocycles. The SMILES string of the molecule is CCC(C)NC(=O)c1ccccc1NC(=O)C1CCN(S(C)(=O)=O)CC1. The number of benzene rings is 1. The minimum atomic E-state index is -3.22. The molecular weight excluding hydrogens is 354 g/mol. The Kier molecular flexibility index (Phi) is 6.77. The number of carbonyl (C=O) groups is 2. The summed E-state index contributed by atoms with van der Waals surface area (Å²) in [6.07, 6.45) is 2.94. The zero-order chi connectivity index (χ0) is 19.3. The molecule has 0 saturated carbocycles. The van der Waals surface area contributed by atoms with Gasteiger partial charge in [0.2, 0.25) is 15.9 Å². The zero-order valence-electron chi connectivity index (χ0n) is 15.5. The maximum atomic E-state index is 12.6. The molecule has 1 atom stereocenters. The molecule has 2 amide bonds. The molecule has 1 aliphatic rings. The smallest absolute Gasteiger partial charge is 0.253 e. The highest BCUT2D eigenvalue weighted by Crippen LogP contribution is 2.22. The van der Waals surface area contributed by atoms with E-state index in [-0.39, 0.29) is 23.8 Å². The highest BCUT2D eigenvalue weighted by molar-refractivity contribution is 7.88. The Morgan fingerprint density at radius 2 is 1.85 bits per heavy atom. The van der Waals surface area contributed by atoms with Gasteiger partial charge in [-0.15, -0.1) is 0 Å². The highest BCUT2D eigenvalue weighted by Gasteiger charge is 2.29. The third-order valence-electron chi connectivity index (χ3n) is 4.71. The van der Waals surface area contributed by atoms with E-state index < -0.39 is 10.0 Å². The van der Waals surface area contributed by atoms with Crippen molar-refractivity contribution in [3.05, 3.63) is 29.8 Å². The molecule has 0 aromatic heterocycles. The van der Waals surface area contributed by atoms with E-state index in [1.807, 2.05) is 13.8 Å². The largest absolute Gasteiger partial charge is 0.350 e. The van der Waals surface area contributed by atoms with Gasteiger partial charge >= 0.3 is 0 Å². The number of amides is 2. The van der Waals surface area contributed by atoms with Crippen molar-refractivity contribution in [1.82, 2.24) is 9.62 Å². The Hall–Kier alpha value is -1.93. The van der Waals surface area contributed by atoms with Crippen molar-refractivity contribution in [2.24, 2.45) is 5.92 Å². The van der Waals surface area contributed by atoms with Crippen molar-refractivity contribution < 1.29 is 18.0 Å². The first-order valence-electron chi connectivity index (χ1n) is 8.88.